The number of hydrogen-bond donors (Lipinski definition) is 1. The van der Waals surface area contributed by atoms with E-state index in [2.05, 4.69) is 122 Å². The van der Waals surface area contributed by atoms with Crippen LogP contribution in [0, 0.1) is 0 Å². The van der Waals surface area contributed by atoms with Crippen molar-refractivity contribution < 1.29 is 9.53 Å². The molecule has 0 fully saturated rings. The summed E-state index contributed by atoms with van der Waals surface area (Å²) in [6.45, 7) is 18.3. The van der Waals surface area contributed by atoms with Crippen molar-refractivity contribution >= 4 is 28.1 Å². The van der Waals surface area contributed by atoms with Gasteiger partial charge < -0.3 is 19.9 Å². The Hall–Kier alpha value is -3.99. The molecular weight excluding hydrogens is 506 g/mol. The van der Waals surface area contributed by atoms with Crippen molar-refractivity contribution in [3.8, 4) is 0 Å². The molecule has 0 saturated heterocycles. The maximum atomic E-state index is 11.9. The van der Waals surface area contributed by atoms with Crippen LogP contribution in [0.4, 0.5) is 11.4 Å². The van der Waals surface area contributed by atoms with Crippen molar-refractivity contribution in [2.24, 2.45) is 0 Å². The Morgan fingerprint density at radius 3 is 2.10 bits per heavy atom. The molecule has 0 heterocycles. The lowest BCUT2D eigenvalue weighted by molar-refractivity contribution is -0.138. The summed E-state index contributed by atoms with van der Waals surface area (Å²) in [5.41, 5.74) is 8.02. The molecule has 0 aromatic heterocycles. The largest absolute Gasteiger partial charge is 0.441 e. The highest BCUT2D eigenvalue weighted by atomic mass is 16.5. The van der Waals surface area contributed by atoms with Crippen LogP contribution in [0.15, 0.2) is 96.2 Å². The van der Waals surface area contributed by atoms with Gasteiger partial charge in [0.05, 0.1) is 0 Å². The average molecular weight is 552 g/mol. The van der Waals surface area contributed by atoms with Crippen LogP contribution >= 0.6 is 0 Å². The summed E-state index contributed by atoms with van der Waals surface area (Å²) in [4.78, 5) is 16.7. The number of allylic oxidation sites excluding steroid dienone is 4. The first kappa shape index (κ1) is 30.0. The molecule has 216 valence electrons. The van der Waals surface area contributed by atoms with Crippen molar-refractivity contribution in [3.05, 3.63) is 107 Å². The normalized spacial score (nSPS) is 13.7. The van der Waals surface area contributed by atoms with E-state index >= 15 is 0 Å². The van der Waals surface area contributed by atoms with Gasteiger partial charge in [0.1, 0.15) is 0 Å². The van der Waals surface area contributed by atoms with Gasteiger partial charge in [0.15, 0.2) is 6.73 Å². The molecule has 0 saturated carbocycles. The van der Waals surface area contributed by atoms with Crippen molar-refractivity contribution in [2.45, 2.75) is 53.4 Å². The quantitative estimate of drug-likeness (QED) is 0.132. The molecule has 1 N–H and O–H groups in total. The number of esters is 1. The lowest BCUT2D eigenvalue weighted by atomic mass is 9.79. The Morgan fingerprint density at radius 1 is 0.854 bits per heavy atom. The van der Waals surface area contributed by atoms with E-state index in [1.54, 1.807) is 6.92 Å². The molecule has 1 atom stereocenters. The number of carbonyl (C=O) groups excluding carboxylic acids is 1. The van der Waals surface area contributed by atoms with Crippen LogP contribution in [0.1, 0.15) is 64.5 Å². The minimum atomic E-state index is -0.395. The van der Waals surface area contributed by atoms with Crippen LogP contribution in [0.3, 0.4) is 0 Å². The highest BCUT2D eigenvalue weighted by Gasteiger charge is 2.24. The lowest BCUT2D eigenvalue weighted by Crippen LogP contribution is -2.23. The standard InChI is InChI=1S/C36H45N3O2/c1-7-38(8-2)29-19-15-27(16-20-29)35(28-17-21-30(22-18-28)39(9-3)10-4)33-23-24-34(32-14-12-11-13-31(32)33)37-25-41-36(40)26(5)6/h11-17,19-21,23-24,35,37H,5,7-10,18,22,25H2,1-4,6H3. The zero-order valence-electron chi connectivity index (χ0n) is 25.4. The van der Waals surface area contributed by atoms with Crippen molar-refractivity contribution in [3.63, 3.8) is 0 Å². The Morgan fingerprint density at radius 2 is 1.51 bits per heavy atom. The summed E-state index contributed by atoms with van der Waals surface area (Å²) in [7, 11) is 0. The SMILES string of the molecule is C=C(C)C(=O)OCNc1ccc(C(C2=CC=C(N(CC)CC)CC2)c2ccc(N(CC)CC)cc2)c2ccccc12. The van der Waals surface area contributed by atoms with Crippen LogP contribution in [0.25, 0.3) is 10.8 Å². The Bertz CT molecular complexity index is 1410. The van der Waals surface area contributed by atoms with Gasteiger partial charge in [-0.05, 0) is 88.2 Å². The van der Waals surface area contributed by atoms with Crippen molar-refractivity contribution in [1.29, 1.82) is 0 Å². The summed E-state index contributed by atoms with van der Waals surface area (Å²) < 4.78 is 5.32. The van der Waals surface area contributed by atoms with Crippen LogP contribution in [-0.4, -0.2) is 43.8 Å². The van der Waals surface area contributed by atoms with E-state index in [4.69, 9.17) is 4.74 Å². The highest BCUT2D eigenvalue weighted by molar-refractivity contribution is 5.97. The van der Waals surface area contributed by atoms with Crippen molar-refractivity contribution in [2.75, 3.05) is 43.1 Å². The topological polar surface area (TPSA) is 44.8 Å². The lowest BCUT2D eigenvalue weighted by Gasteiger charge is -2.30. The summed E-state index contributed by atoms with van der Waals surface area (Å²) in [6.07, 6.45) is 6.76. The monoisotopic (exact) mass is 551 g/mol. The molecule has 5 nitrogen and oxygen atoms in total. The number of anilines is 2. The third-order valence-electron chi connectivity index (χ3n) is 8.14. The van der Waals surface area contributed by atoms with Gasteiger partial charge in [-0.3, -0.25) is 0 Å². The predicted molar refractivity (Wildman–Crippen MR) is 174 cm³/mol. The molecule has 4 rings (SSSR count). The van der Waals surface area contributed by atoms with Gasteiger partial charge in [-0.15, -0.1) is 0 Å². The van der Waals surface area contributed by atoms with Crippen LogP contribution in [-0.2, 0) is 9.53 Å². The Kier molecular flexibility index (Phi) is 10.3. The molecule has 0 radical (unpaired) electrons. The zero-order chi connectivity index (χ0) is 29.4. The molecule has 0 spiro atoms. The molecule has 3 aromatic rings. The Labute approximate surface area is 246 Å². The van der Waals surface area contributed by atoms with E-state index in [-0.39, 0.29) is 12.6 Å². The van der Waals surface area contributed by atoms with E-state index in [1.807, 2.05) is 0 Å². The minimum Gasteiger partial charge on any atom is -0.441 e. The molecule has 3 aromatic carbocycles. The number of nitrogens with one attached hydrogen (secondary N) is 1. The predicted octanol–water partition coefficient (Wildman–Crippen LogP) is 8.25. The fraction of sp³-hybridized carbons (Fsp3) is 0.361. The molecule has 0 amide bonds. The van der Waals surface area contributed by atoms with E-state index in [9.17, 15) is 4.79 Å². The smallest absolute Gasteiger partial charge is 0.334 e. The van der Waals surface area contributed by atoms with E-state index in [1.165, 1.54) is 33.5 Å². The Balaban J connectivity index is 1.77. The van der Waals surface area contributed by atoms with Crippen molar-refractivity contribution in [1.82, 2.24) is 4.90 Å². The van der Waals surface area contributed by atoms with Gasteiger partial charge in [0, 0.05) is 60.1 Å². The summed E-state index contributed by atoms with van der Waals surface area (Å²) in [6, 6.07) is 22.0. The maximum absolute atomic E-state index is 11.9. The van der Waals surface area contributed by atoms with Gasteiger partial charge in [-0.1, -0.05) is 60.7 Å². The summed E-state index contributed by atoms with van der Waals surface area (Å²) in [5, 5.41) is 5.61. The van der Waals surface area contributed by atoms with Crippen LogP contribution < -0.4 is 10.2 Å². The average Bonchev–Trinajstić information content (AvgIpc) is 3.00. The zero-order valence-corrected chi connectivity index (χ0v) is 25.4. The summed E-state index contributed by atoms with van der Waals surface area (Å²) >= 11 is 0. The number of rotatable bonds is 13. The second kappa shape index (κ2) is 14.1. The molecule has 5 heteroatoms. The summed E-state index contributed by atoms with van der Waals surface area (Å²) in [5.74, 6) is -0.261. The second-order valence-corrected chi connectivity index (χ2v) is 10.5. The fourth-order valence-electron chi connectivity index (χ4n) is 5.87. The van der Waals surface area contributed by atoms with Gasteiger partial charge in [0.2, 0.25) is 0 Å². The molecular formula is C36H45N3O2. The third-order valence-corrected chi connectivity index (χ3v) is 8.14. The van der Waals surface area contributed by atoms with E-state index in [0.29, 0.717) is 5.57 Å². The molecule has 1 aliphatic rings. The molecule has 1 unspecified atom stereocenters. The number of benzene rings is 3. The molecule has 0 aliphatic heterocycles. The van der Waals surface area contributed by atoms with Gasteiger partial charge >= 0.3 is 5.97 Å². The molecule has 1 aliphatic carbocycles. The number of fused-ring (bicyclic) bond motifs is 1. The van der Waals surface area contributed by atoms with E-state index < -0.39 is 5.97 Å². The van der Waals surface area contributed by atoms with Gasteiger partial charge in [-0.2, -0.15) is 0 Å². The van der Waals surface area contributed by atoms with Gasteiger partial charge in [0.25, 0.3) is 0 Å². The van der Waals surface area contributed by atoms with E-state index in [0.717, 1.165) is 50.1 Å². The maximum Gasteiger partial charge on any atom is 0.334 e. The second-order valence-electron chi connectivity index (χ2n) is 10.5. The number of ether oxygens (including phenoxy) is 1. The van der Waals surface area contributed by atoms with Gasteiger partial charge in [-0.25, -0.2) is 4.79 Å². The minimum absolute atomic E-state index is 0.0926. The fourth-order valence-corrected chi connectivity index (χ4v) is 5.87. The third kappa shape index (κ3) is 6.84. The highest BCUT2D eigenvalue weighted by Crippen LogP contribution is 2.42. The number of nitrogens with zero attached hydrogens (tertiary/aromatic N) is 2. The first-order valence-corrected chi connectivity index (χ1v) is 15.0. The van der Waals surface area contributed by atoms with Crippen LogP contribution in [0.2, 0.25) is 0 Å². The first-order chi connectivity index (χ1) is 19.9. The molecule has 41 heavy (non-hydrogen) atoms. The number of carbonyl (C=O) groups is 1. The first-order valence-electron chi connectivity index (χ1n) is 15.0. The number of hydrogen-bond acceptors (Lipinski definition) is 5. The van der Waals surface area contributed by atoms with Crippen LogP contribution in [0.5, 0.6) is 0 Å². The molecule has 0 bridgehead atoms.